The average Bonchev–Trinajstić information content (AvgIpc) is 2.71. The Hall–Kier alpha value is -1.26. The third-order valence-corrected chi connectivity index (χ3v) is 5.32. The van der Waals surface area contributed by atoms with Gasteiger partial charge in [0.1, 0.15) is 6.04 Å². The number of rotatable bonds is 20. The summed E-state index contributed by atoms with van der Waals surface area (Å²) in [6, 6.07) is -0.637. The molecule has 0 aromatic heterocycles. The van der Waals surface area contributed by atoms with Crippen molar-refractivity contribution in [1.82, 2.24) is 5.32 Å². The molecule has 0 saturated heterocycles. The van der Waals surface area contributed by atoms with Crippen LogP contribution in [0.1, 0.15) is 125 Å². The Morgan fingerprint density at radius 2 is 1.16 bits per heavy atom. The molecule has 1 atom stereocenters. The van der Waals surface area contributed by atoms with Crippen molar-refractivity contribution < 1.29 is 19.1 Å². The molecule has 0 heterocycles. The minimum atomic E-state index is -0.637. The van der Waals surface area contributed by atoms with Crippen molar-refractivity contribution in [2.24, 2.45) is 11.8 Å². The van der Waals surface area contributed by atoms with E-state index < -0.39 is 12.1 Å². The Balaban J connectivity index is 3.77. The van der Waals surface area contributed by atoms with Gasteiger partial charge in [0.25, 0.3) is 0 Å². The van der Waals surface area contributed by atoms with E-state index in [2.05, 4.69) is 12.2 Å². The third-order valence-electron chi connectivity index (χ3n) is 5.32. The second-order valence-corrected chi connectivity index (χ2v) is 9.73. The molecule has 1 N–H and O–H groups in total. The van der Waals surface area contributed by atoms with E-state index in [4.69, 9.17) is 9.47 Å². The van der Waals surface area contributed by atoms with E-state index in [0.717, 1.165) is 12.8 Å². The van der Waals surface area contributed by atoms with Crippen molar-refractivity contribution in [3.63, 3.8) is 0 Å². The van der Waals surface area contributed by atoms with E-state index in [1.54, 1.807) is 0 Å². The average molecular weight is 442 g/mol. The maximum atomic E-state index is 12.4. The van der Waals surface area contributed by atoms with Gasteiger partial charge in [-0.1, -0.05) is 112 Å². The maximum absolute atomic E-state index is 12.4. The monoisotopic (exact) mass is 441 g/mol. The van der Waals surface area contributed by atoms with E-state index >= 15 is 0 Å². The van der Waals surface area contributed by atoms with E-state index in [1.165, 1.54) is 70.6 Å². The van der Waals surface area contributed by atoms with Crippen LogP contribution in [0.4, 0.5) is 4.79 Å². The summed E-state index contributed by atoms with van der Waals surface area (Å²) in [6.07, 6.45) is 16.8. The van der Waals surface area contributed by atoms with Crippen LogP contribution in [0, 0.1) is 11.8 Å². The minimum Gasteiger partial charge on any atom is -0.464 e. The zero-order valence-electron chi connectivity index (χ0n) is 21.2. The lowest BCUT2D eigenvalue weighted by atomic mass is 10.0. The summed E-state index contributed by atoms with van der Waals surface area (Å²) in [5.41, 5.74) is 0. The quantitative estimate of drug-likeness (QED) is 0.158. The molecule has 0 spiro atoms. The number of amides is 1. The van der Waals surface area contributed by atoms with Gasteiger partial charge in [-0.15, -0.1) is 0 Å². The molecule has 184 valence electrons. The molecule has 5 heteroatoms. The summed E-state index contributed by atoms with van der Waals surface area (Å²) in [5.74, 6) is 0.185. The molecule has 0 aliphatic rings. The Kier molecular flexibility index (Phi) is 19.8. The smallest absolute Gasteiger partial charge is 0.407 e. The number of hydrogen-bond donors (Lipinski definition) is 1. The highest BCUT2D eigenvalue weighted by Gasteiger charge is 2.24. The lowest BCUT2D eigenvalue weighted by molar-refractivity contribution is -0.146. The lowest BCUT2D eigenvalue weighted by Gasteiger charge is -2.19. The zero-order chi connectivity index (χ0) is 23.3. The number of ether oxygens (including phenoxy) is 2. The molecule has 5 nitrogen and oxygen atoms in total. The Bertz CT molecular complexity index is 437. The fourth-order valence-electron chi connectivity index (χ4n) is 3.50. The number of hydrogen-bond acceptors (Lipinski definition) is 4. The van der Waals surface area contributed by atoms with Gasteiger partial charge in [0.2, 0.25) is 0 Å². The summed E-state index contributed by atoms with van der Waals surface area (Å²) < 4.78 is 10.6. The molecule has 0 bridgehead atoms. The Morgan fingerprint density at radius 1 is 0.677 bits per heavy atom. The molecule has 0 aromatic carbocycles. The van der Waals surface area contributed by atoms with Crippen molar-refractivity contribution in [3.05, 3.63) is 0 Å². The van der Waals surface area contributed by atoms with E-state index in [-0.39, 0.29) is 17.8 Å². The molecule has 0 aromatic rings. The molecule has 0 rings (SSSR count). The van der Waals surface area contributed by atoms with Gasteiger partial charge >= 0.3 is 12.1 Å². The van der Waals surface area contributed by atoms with Crippen LogP contribution in [-0.2, 0) is 14.3 Å². The highest BCUT2D eigenvalue weighted by atomic mass is 16.6. The predicted molar refractivity (Wildman–Crippen MR) is 129 cm³/mol. The fourth-order valence-corrected chi connectivity index (χ4v) is 3.50. The topological polar surface area (TPSA) is 64.6 Å². The van der Waals surface area contributed by atoms with Crippen molar-refractivity contribution in [3.8, 4) is 0 Å². The predicted octanol–water partition coefficient (Wildman–Crippen LogP) is 7.42. The minimum absolute atomic E-state index is 0.261. The highest BCUT2D eigenvalue weighted by Crippen LogP contribution is 2.13. The van der Waals surface area contributed by atoms with Crippen LogP contribution in [0.2, 0.25) is 0 Å². The van der Waals surface area contributed by atoms with Crippen LogP contribution >= 0.6 is 0 Å². The zero-order valence-corrected chi connectivity index (χ0v) is 21.2. The fraction of sp³-hybridized carbons (Fsp3) is 0.923. The Morgan fingerprint density at radius 3 is 1.61 bits per heavy atom. The molecule has 0 aliphatic carbocycles. The number of carbonyl (C=O) groups is 2. The summed E-state index contributed by atoms with van der Waals surface area (Å²) in [4.78, 5) is 24.3. The van der Waals surface area contributed by atoms with Crippen molar-refractivity contribution >= 4 is 12.1 Å². The van der Waals surface area contributed by atoms with Gasteiger partial charge in [0.15, 0.2) is 0 Å². The summed E-state index contributed by atoms with van der Waals surface area (Å²) >= 11 is 0. The molecule has 0 saturated carbocycles. The van der Waals surface area contributed by atoms with Gasteiger partial charge in [0.05, 0.1) is 13.2 Å². The van der Waals surface area contributed by atoms with E-state index in [0.29, 0.717) is 19.6 Å². The molecule has 0 fully saturated rings. The summed E-state index contributed by atoms with van der Waals surface area (Å²) in [6.45, 7) is 11.0. The molecular formula is C26H51NO4. The van der Waals surface area contributed by atoms with Gasteiger partial charge < -0.3 is 14.8 Å². The largest absolute Gasteiger partial charge is 0.464 e. The van der Waals surface area contributed by atoms with Gasteiger partial charge in [-0.25, -0.2) is 9.59 Å². The first-order valence-electron chi connectivity index (χ1n) is 13.0. The third kappa shape index (κ3) is 20.4. The van der Waals surface area contributed by atoms with Crippen LogP contribution in [0.15, 0.2) is 0 Å². The first-order valence-corrected chi connectivity index (χ1v) is 13.0. The number of esters is 1. The summed E-state index contributed by atoms with van der Waals surface area (Å²) in [5, 5.41) is 2.67. The number of carbonyl (C=O) groups excluding carboxylic acids is 2. The lowest BCUT2D eigenvalue weighted by Crippen LogP contribution is -2.43. The van der Waals surface area contributed by atoms with Gasteiger partial charge in [-0.05, 0) is 24.7 Å². The normalized spacial score (nSPS) is 12.2. The number of unbranched alkanes of at least 4 members (excludes halogenated alkanes) is 12. The molecular weight excluding hydrogens is 390 g/mol. The van der Waals surface area contributed by atoms with Crippen LogP contribution in [0.25, 0.3) is 0 Å². The van der Waals surface area contributed by atoms with Crippen LogP contribution in [0.3, 0.4) is 0 Å². The first kappa shape index (κ1) is 29.7. The van der Waals surface area contributed by atoms with Gasteiger partial charge in [-0.2, -0.15) is 0 Å². The maximum Gasteiger partial charge on any atom is 0.407 e. The van der Waals surface area contributed by atoms with Crippen LogP contribution in [0.5, 0.6) is 0 Å². The molecule has 0 radical (unpaired) electrons. The Labute approximate surface area is 192 Å². The molecule has 0 unspecified atom stereocenters. The number of alkyl carbamates (subject to hydrolysis) is 1. The molecule has 1 amide bonds. The van der Waals surface area contributed by atoms with E-state index in [9.17, 15) is 9.59 Å². The van der Waals surface area contributed by atoms with Crippen LogP contribution in [-0.4, -0.2) is 31.3 Å². The first-order chi connectivity index (χ1) is 14.9. The molecule has 0 aliphatic heterocycles. The SMILES string of the molecule is CCCCCCCCCCCCCCCOC(=O)[C@H](CC(C)C)NC(=O)OCC(C)C. The van der Waals surface area contributed by atoms with Crippen molar-refractivity contribution in [1.29, 1.82) is 0 Å². The number of nitrogens with one attached hydrogen (secondary N) is 1. The van der Waals surface area contributed by atoms with Gasteiger partial charge in [0, 0.05) is 0 Å². The second kappa shape index (κ2) is 20.6. The highest BCUT2D eigenvalue weighted by molar-refractivity contribution is 5.81. The van der Waals surface area contributed by atoms with Gasteiger partial charge in [-0.3, -0.25) is 0 Å². The summed E-state index contributed by atoms with van der Waals surface area (Å²) in [7, 11) is 0. The van der Waals surface area contributed by atoms with Crippen molar-refractivity contribution in [2.45, 2.75) is 131 Å². The van der Waals surface area contributed by atoms with E-state index in [1.807, 2.05) is 27.7 Å². The second-order valence-electron chi connectivity index (χ2n) is 9.73. The van der Waals surface area contributed by atoms with Crippen molar-refractivity contribution in [2.75, 3.05) is 13.2 Å². The molecule has 31 heavy (non-hydrogen) atoms. The van der Waals surface area contributed by atoms with Crippen LogP contribution < -0.4 is 5.32 Å². The standard InChI is InChI=1S/C26H51NO4/c1-6-7-8-9-10-11-12-13-14-15-16-17-18-19-30-25(28)24(20-22(2)3)27-26(29)31-21-23(4)5/h22-24H,6-21H2,1-5H3,(H,27,29)/t24-/m0/s1.